The number of imidazole rings is 1. The molecule has 1 N–H and O–H groups in total. The van der Waals surface area contributed by atoms with E-state index in [9.17, 15) is 0 Å². The summed E-state index contributed by atoms with van der Waals surface area (Å²) < 4.78 is 2.19. The maximum absolute atomic E-state index is 4.37. The fourth-order valence-electron chi connectivity index (χ4n) is 1.62. The normalized spacial score (nSPS) is 11.8. The zero-order valence-corrected chi connectivity index (χ0v) is 11.6. The quantitative estimate of drug-likeness (QED) is 0.768. The van der Waals surface area contributed by atoms with Crippen LogP contribution >= 0.6 is 0 Å². The molecule has 0 atom stereocenters. The number of nitrogens with zero attached hydrogens (tertiary/aromatic N) is 2. The molecule has 3 nitrogen and oxygen atoms in total. The van der Waals surface area contributed by atoms with Crippen molar-refractivity contribution >= 4 is 0 Å². The predicted octanol–water partition coefficient (Wildman–Crippen LogP) is 2.78. The van der Waals surface area contributed by atoms with E-state index in [1.165, 1.54) is 5.57 Å². The van der Waals surface area contributed by atoms with Gasteiger partial charge in [0.1, 0.15) is 5.82 Å². The lowest BCUT2D eigenvalue weighted by molar-refractivity contribution is 0.439. The molecule has 0 saturated carbocycles. The Morgan fingerprint density at radius 2 is 2.18 bits per heavy atom. The van der Waals surface area contributed by atoms with Gasteiger partial charge in [-0.15, -0.1) is 0 Å². The zero-order chi connectivity index (χ0) is 12.9. The first kappa shape index (κ1) is 14.0. The summed E-state index contributed by atoms with van der Waals surface area (Å²) in [5.74, 6) is 1.16. The molecular weight excluding hydrogens is 210 g/mol. The Bertz CT molecular complexity index is 358. The van der Waals surface area contributed by atoms with Gasteiger partial charge in [0, 0.05) is 37.4 Å². The summed E-state index contributed by atoms with van der Waals surface area (Å²) >= 11 is 0. The lowest BCUT2D eigenvalue weighted by Crippen LogP contribution is -2.37. The first-order valence-electron chi connectivity index (χ1n) is 6.34. The van der Waals surface area contributed by atoms with E-state index in [2.05, 4.69) is 49.1 Å². The summed E-state index contributed by atoms with van der Waals surface area (Å²) in [6.07, 6.45) is 6.07. The van der Waals surface area contributed by atoms with Crippen LogP contribution in [0.2, 0.25) is 0 Å². The third-order valence-electron chi connectivity index (χ3n) is 2.54. The molecule has 0 amide bonds. The molecule has 0 spiro atoms. The average molecular weight is 235 g/mol. The molecular formula is C14H25N3. The highest BCUT2D eigenvalue weighted by Crippen LogP contribution is 2.06. The fourth-order valence-corrected chi connectivity index (χ4v) is 1.62. The van der Waals surface area contributed by atoms with Gasteiger partial charge in [-0.2, -0.15) is 0 Å². The Balaban J connectivity index is 2.47. The van der Waals surface area contributed by atoms with Crippen molar-refractivity contribution in [1.82, 2.24) is 14.9 Å². The molecule has 0 unspecified atom stereocenters. The third-order valence-corrected chi connectivity index (χ3v) is 2.54. The summed E-state index contributed by atoms with van der Waals surface area (Å²) in [5, 5.41) is 3.45. The van der Waals surface area contributed by atoms with Crippen LogP contribution < -0.4 is 5.32 Å². The molecule has 3 heteroatoms. The summed E-state index contributed by atoms with van der Waals surface area (Å²) in [7, 11) is 0. The van der Waals surface area contributed by atoms with E-state index in [0.717, 1.165) is 31.8 Å². The molecule has 1 aromatic rings. The predicted molar refractivity (Wildman–Crippen MR) is 73.1 cm³/mol. The summed E-state index contributed by atoms with van der Waals surface area (Å²) in [6, 6.07) is 0. The van der Waals surface area contributed by atoms with Gasteiger partial charge < -0.3 is 9.88 Å². The van der Waals surface area contributed by atoms with Crippen LogP contribution in [0.5, 0.6) is 0 Å². The standard InChI is InChI=1S/C14H25N3/c1-6-7-13-15-8-9-17(13)11-12(2)10-16-14(3,4)5/h8-9,16H,2,6-7,10-11H2,1,3-5H3. The number of aryl methyl sites for hydroxylation is 1. The van der Waals surface area contributed by atoms with Gasteiger partial charge in [0.05, 0.1) is 0 Å². The number of rotatable bonds is 6. The fraction of sp³-hybridized carbons (Fsp3) is 0.643. The van der Waals surface area contributed by atoms with E-state index in [1.807, 2.05) is 12.4 Å². The Morgan fingerprint density at radius 3 is 2.76 bits per heavy atom. The molecule has 96 valence electrons. The number of hydrogen-bond acceptors (Lipinski definition) is 2. The smallest absolute Gasteiger partial charge is 0.108 e. The second kappa shape index (κ2) is 6.01. The van der Waals surface area contributed by atoms with Crippen LogP contribution in [0, 0.1) is 0 Å². The lowest BCUT2D eigenvalue weighted by Gasteiger charge is -2.21. The Hall–Kier alpha value is -1.09. The molecule has 1 aromatic heterocycles. The summed E-state index contributed by atoms with van der Waals surface area (Å²) in [4.78, 5) is 4.37. The molecule has 1 heterocycles. The molecule has 0 aliphatic carbocycles. The van der Waals surface area contributed by atoms with E-state index in [0.29, 0.717) is 0 Å². The van der Waals surface area contributed by atoms with Crippen LogP contribution in [-0.2, 0) is 13.0 Å². The summed E-state index contributed by atoms with van der Waals surface area (Å²) in [5.41, 5.74) is 1.33. The van der Waals surface area contributed by atoms with Crippen LogP contribution in [0.15, 0.2) is 24.5 Å². The second-order valence-electron chi connectivity index (χ2n) is 5.57. The Labute approximate surface area is 105 Å². The molecule has 0 bridgehead atoms. The SMILES string of the molecule is C=C(CNC(C)(C)C)Cn1ccnc1CCC. The molecule has 0 aromatic carbocycles. The first-order chi connectivity index (χ1) is 7.92. The maximum atomic E-state index is 4.37. The molecule has 0 saturated heterocycles. The van der Waals surface area contributed by atoms with Gasteiger partial charge >= 0.3 is 0 Å². The third kappa shape index (κ3) is 5.18. The van der Waals surface area contributed by atoms with E-state index >= 15 is 0 Å². The van der Waals surface area contributed by atoms with Crippen LogP contribution in [0.1, 0.15) is 39.9 Å². The van der Waals surface area contributed by atoms with Crippen molar-refractivity contribution in [2.75, 3.05) is 6.54 Å². The monoisotopic (exact) mass is 235 g/mol. The minimum atomic E-state index is 0.143. The van der Waals surface area contributed by atoms with Crippen molar-refractivity contribution in [3.8, 4) is 0 Å². The Morgan fingerprint density at radius 1 is 1.47 bits per heavy atom. The van der Waals surface area contributed by atoms with Crippen LogP contribution in [0.25, 0.3) is 0 Å². The van der Waals surface area contributed by atoms with Gasteiger partial charge in [-0.05, 0) is 32.8 Å². The maximum Gasteiger partial charge on any atom is 0.108 e. The average Bonchev–Trinajstić information content (AvgIpc) is 2.63. The van der Waals surface area contributed by atoms with E-state index in [-0.39, 0.29) is 5.54 Å². The minimum Gasteiger partial charge on any atom is -0.331 e. The molecule has 1 rings (SSSR count). The van der Waals surface area contributed by atoms with E-state index in [4.69, 9.17) is 0 Å². The summed E-state index contributed by atoms with van der Waals surface area (Å²) in [6.45, 7) is 14.5. The molecule has 0 radical (unpaired) electrons. The van der Waals surface area contributed by atoms with Gasteiger partial charge in [0.2, 0.25) is 0 Å². The van der Waals surface area contributed by atoms with Crippen molar-refractivity contribution in [2.45, 2.75) is 52.6 Å². The van der Waals surface area contributed by atoms with Crippen LogP contribution in [0.4, 0.5) is 0 Å². The van der Waals surface area contributed by atoms with Gasteiger partial charge in [-0.3, -0.25) is 0 Å². The largest absolute Gasteiger partial charge is 0.331 e. The van der Waals surface area contributed by atoms with Crippen molar-refractivity contribution in [3.05, 3.63) is 30.4 Å². The topological polar surface area (TPSA) is 29.9 Å². The van der Waals surface area contributed by atoms with Gasteiger partial charge in [0.15, 0.2) is 0 Å². The highest BCUT2D eigenvalue weighted by Gasteiger charge is 2.09. The molecule has 0 fully saturated rings. The van der Waals surface area contributed by atoms with Crippen molar-refractivity contribution in [3.63, 3.8) is 0 Å². The highest BCUT2D eigenvalue weighted by atomic mass is 15.1. The van der Waals surface area contributed by atoms with Crippen LogP contribution in [0.3, 0.4) is 0 Å². The Kier molecular flexibility index (Phi) is 4.94. The zero-order valence-electron chi connectivity index (χ0n) is 11.6. The lowest BCUT2D eigenvalue weighted by atomic mass is 10.1. The highest BCUT2D eigenvalue weighted by molar-refractivity contribution is 5.03. The number of nitrogens with one attached hydrogen (secondary N) is 1. The van der Waals surface area contributed by atoms with E-state index in [1.54, 1.807) is 0 Å². The molecule has 17 heavy (non-hydrogen) atoms. The second-order valence-corrected chi connectivity index (χ2v) is 5.57. The van der Waals surface area contributed by atoms with Gasteiger partial charge in [-0.1, -0.05) is 13.5 Å². The van der Waals surface area contributed by atoms with Gasteiger partial charge in [-0.25, -0.2) is 4.98 Å². The van der Waals surface area contributed by atoms with E-state index < -0.39 is 0 Å². The van der Waals surface area contributed by atoms with Crippen LogP contribution in [-0.4, -0.2) is 21.6 Å². The van der Waals surface area contributed by atoms with Crippen molar-refractivity contribution < 1.29 is 0 Å². The number of aromatic nitrogens is 2. The molecule has 0 aliphatic heterocycles. The minimum absolute atomic E-state index is 0.143. The van der Waals surface area contributed by atoms with Crippen molar-refractivity contribution in [1.29, 1.82) is 0 Å². The molecule has 0 aliphatic rings. The van der Waals surface area contributed by atoms with Gasteiger partial charge in [0.25, 0.3) is 0 Å². The first-order valence-corrected chi connectivity index (χ1v) is 6.34. The van der Waals surface area contributed by atoms with Crippen molar-refractivity contribution in [2.24, 2.45) is 0 Å². The number of hydrogen-bond donors (Lipinski definition) is 1.